The molecule has 0 atom stereocenters. The highest BCUT2D eigenvalue weighted by atomic mass is 32.2. The number of aliphatic hydroxyl groups excluding tert-OH is 1. The van der Waals surface area contributed by atoms with Crippen LogP contribution in [0.3, 0.4) is 0 Å². The molecule has 0 saturated carbocycles. The van der Waals surface area contributed by atoms with E-state index < -0.39 is 77.9 Å². The molecule has 0 aliphatic heterocycles. The number of halogens is 4. The maximum Gasteiger partial charge on any atom is 0.286 e. The van der Waals surface area contributed by atoms with Crippen LogP contribution in [-0.2, 0) is 10.0 Å². The predicted molar refractivity (Wildman–Crippen MR) is 138 cm³/mol. The highest BCUT2D eigenvalue weighted by Crippen LogP contribution is 2.31. The van der Waals surface area contributed by atoms with E-state index in [1.165, 1.54) is 0 Å². The molecule has 0 spiro atoms. The van der Waals surface area contributed by atoms with Gasteiger partial charge in [-0.3, -0.25) is 4.79 Å². The van der Waals surface area contributed by atoms with Gasteiger partial charge < -0.3 is 20.9 Å². The summed E-state index contributed by atoms with van der Waals surface area (Å²) in [6.07, 6.45) is 0. The second kappa shape index (κ2) is 10.2. The highest BCUT2D eigenvalue weighted by molar-refractivity contribution is 7.90. The first-order valence-electron chi connectivity index (χ1n) is 11.3. The molecule has 4 rings (SSSR count). The molecule has 1 heterocycles. The minimum Gasteiger partial charge on any atom is -0.506 e. The zero-order valence-corrected chi connectivity index (χ0v) is 21.5. The molecule has 0 bridgehead atoms. The number of fused-ring (bicyclic) bond motifs is 1. The Bertz CT molecular complexity index is 1810. The highest BCUT2D eigenvalue weighted by Gasteiger charge is 2.29. The van der Waals surface area contributed by atoms with Crippen LogP contribution in [0.1, 0.15) is 35.6 Å². The molecule has 3 aromatic carbocycles. The van der Waals surface area contributed by atoms with Crippen molar-refractivity contribution in [3.63, 3.8) is 0 Å². The summed E-state index contributed by atoms with van der Waals surface area (Å²) in [5.74, 6) is -9.35. The molecular weight excluding hydrogens is 556 g/mol. The first-order valence-corrected chi connectivity index (χ1v) is 12.7. The van der Waals surface area contributed by atoms with E-state index in [4.69, 9.17) is 5.73 Å². The molecule has 9 nitrogen and oxygen atoms in total. The molecule has 0 fully saturated rings. The van der Waals surface area contributed by atoms with Gasteiger partial charge in [-0.25, -0.2) is 22.5 Å². The van der Waals surface area contributed by atoms with Crippen molar-refractivity contribution in [2.24, 2.45) is 10.1 Å². The molecule has 5 N–H and O–H groups in total. The minimum absolute atomic E-state index is 0.142. The van der Waals surface area contributed by atoms with Gasteiger partial charge in [0, 0.05) is 11.6 Å². The number of rotatable bonds is 7. The summed E-state index contributed by atoms with van der Waals surface area (Å²) in [6.45, 7) is 2.29. The summed E-state index contributed by atoms with van der Waals surface area (Å²) in [7, 11) is -4.90. The van der Waals surface area contributed by atoms with Gasteiger partial charge in [-0.15, -0.1) is 4.40 Å². The maximum absolute atomic E-state index is 14.6. The number of ketones is 1. The van der Waals surface area contributed by atoms with E-state index in [0.717, 1.165) is 19.9 Å². The van der Waals surface area contributed by atoms with E-state index in [0.29, 0.717) is 23.2 Å². The van der Waals surface area contributed by atoms with Crippen LogP contribution in [0, 0.1) is 23.3 Å². The zero-order valence-electron chi connectivity index (χ0n) is 20.7. The number of nitrogens with one attached hydrogen (secondary N) is 1. The molecule has 40 heavy (non-hydrogen) atoms. The Hall–Kier alpha value is -4.56. The van der Waals surface area contributed by atoms with E-state index >= 15 is 0 Å². The van der Waals surface area contributed by atoms with Gasteiger partial charge in [-0.2, -0.15) is 8.42 Å². The van der Waals surface area contributed by atoms with Gasteiger partial charge in [0.2, 0.25) is 5.78 Å². The van der Waals surface area contributed by atoms with Crippen LogP contribution >= 0.6 is 0 Å². The fraction of sp³-hybridized carbons (Fsp3) is 0.115. The van der Waals surface area contributed by atoms with E-state index in [1.807, 2.05) is 0 Å². The minimum atomic E-state index is -4.90. The first-order chi connectivity index (χ1) is 18.6. The molecule has 0 aliphatic rings. The molecule has 14 heteroatoms. The standard InChI is InChI=1S/C26H20F4N4O5S/c1-26(2,37)25(31)34-40(38,39)20-9-12(7-8-14(20)27)22(35)21(24-32-18-5-3-4-6-19(18)33-24)23(36)13-10-16(29)17(30)11-15(13)28/h3-11,35,37H,1-2H3,(H2,31,34)(H,32,33). The Morgan fingerprint density at radius 1 is 0.975 bits per heavy atom. The van der Waals surface area contributed by atoms with Crippen LogP contribution < -0.4 is 5.73 Å². The van der Waals surface area contributed by atoms with Crippen molar-refractivity contribution < 1.29 is 41.0 Å². The predicted octanol–water partition coefficient (Wildman–Crippen LogP) is 4.25. The lowest BCUT2D eigenvalue weighted by atomic mass is 9.98. The molecule has 0 radical (unpaired) electrons. The summed E-state index contributed by atoms with van der Waals surface area (Å²) in [4.78, 5) is 19.3. The maximum atomic E-state index is 14.6. The summed E-state index contributed by atoms with van der Waals surface area (Å²) >= 11 is 0. The van der Waals surface area contributed by atoms with Crippen molar-refractivity contribution in [1.29, 1.82) is 0 Å². The van der Waals surface area contributed by atoms with Crippen molar-refractivity contribution in [3.05, 3.63) is 94.8 Å². The van der Waals surface area contributed by atoms with Crippen LogP contribution in [0.4, 0.5) is 17.6 Å². The lowest BCUT2D eigenvalue weighted by Gasteiger charge is -2.16. The van der Waals surface area contributed by atoms with E-state index in [9.17, 15) is 41.0 Å². The van der Waals surface area contributed by atoms with Gasteiger partial charge in [0.05, 0.1) is 16.6 Å². The third-order valence-corrected chi connectivity index (χ3v) is 6.98. The number of benzene rings is 3. The van der Waals surface area contributed by atoms with E-state index in [1.54, 1.807) is 24.3 Å². The molecule has 1 aromatic heterocycles. The normalized spacial score (nSPS) is 13.4. The summed E-state index contributed by atoms with van der Waals surface area (Å²) in [6, 6.07) is 8.96. The Balaban J connectivity index is 1.97. The molecular formula is C26H20F4N4O5S. The largest absolute Gasteiger partial charge is 0.506 e. The number of aliphatic hydroxyl groups is 2. The van der Waals surface area contributed by atoms with Crippen molar-refractivity contribution in [3.8, 4) is 0 Å². The van der Waals surface area contributed by atoms with Gasteiger partial charge in [0.25, 0.3) is 10.0 Å². The second-order valence-corrected chi connectivity index (χ2v) is 10.6. The van der Waals surface area contributed by atoms with E-state index in [2.05, 4.69) is 14.4 Å². The number of Topliss-reactive ketones (excluding diaryl/α,β-unsaturated/α-hetero) is 1. The number of hydrogen-bond acceptors (Lipinski definition) is 6. The number of carbonyl (C=O) groups excluding carboxylic acids is 1. The SMILES string of the molecule is CC(C)(O)C(N)=NS(=O)(=O)c1cc(C(O)=C(C(=O)c2cc(F)c(F)cc2F)c2nc3ccccc3[nH]2)ccc1F. The van der Waals surface area contributed by atoms with Crippen LogP contribution in [0.5, 0.6) is 0 Å². The fourth-order valence-electron chi connectivity index (χ4n) is 3.51. The number of amidine groups is 1. The number of H-pyrrole nitrogens is 1. The van der Waals surface area contributed by atoms with Crippen LogP contribution in [0.15, 0.2) is 63.9 Å². The average Bonchev–Trinajstić information content (AvgIpc) is 3.29. The lowest BCUT2D eigenvalue weighted by molar-refractivity contribution is 0.105. The number of aromatic nitrogens is 2. The van der Waals surface area contributed by atoms with Crippen LogP contribution in [-0.4, -0.2) is 45.8 Å². The number of carbonyl (C=O) groups is 1. The Labute approximate surface area is 224 Å². The Morgan fingerprint density at radius 2 is 1.62 bits per heavy atom. The fourth-order valence-corrected chi connectivity index (χ4v) is 4.68. The summed E-state index contributed by atoms with van der Waals surface area (Å²) in [5, 5.41) is 21.1. The summed E-state index contributed by atoms with van der Waals surface area (Å²) in [5.41, 5.74) is 2.11. The molecule has 208 valence electrons. The second-order valence-electron chi connectivity index (χ2n) is 9.06. The number of imidazole rings is 1. The van der Waals surface area contributed by atoms with Gasteiger partial charge >= 0.3 is 0 Å². The quantitative estimate of drug-likeness (QED) is 0.0487. The lowest BCUT2D eigenvalue weighted by Crippen LogP contribution is -2.38. The number of hydrogen-bond donors (Lipinski definition) is 4. The van der Waals surface area contributed by atoms with Gasteiger partial charge in [0.15, 0.2) is 11.6 Å². The number of para-hydroxylation sites is 2. The van der Waals surface area contributed by atoms with Gasteiger partial charge in [0.1, 0.15) is 45.1 Å². The van der Waals surface area contributed by atoms with E-state index in [-0.39, 0.29) is 18.0 Å². The summed E-state index contributed by atoms with van der Waals surface area (Å²) < 4.78 is 85.5. The van der Waals surface area contributed by atoms with Crippen molar-refractivity contribution in [2.45, 2.75) is 24.3 Å². The van der Waals surface area contributed by atoms with Crippen molar-refractivity contribution in [2.75, 3.05) is 0 Å². The molecule has 4 aromatic rings. The average molecular weight is 577 g/mol. The monoisotopic (exact) mass is 576 g/mol. The molecule has 0 unspecified atom stereocenters. The first kappa shape index (κ1) is 28.4. The number of aromatic amines is 1. The number of allylic oxidation sites excluding steroid dienone is 1. The van der Waals surface area contributed by atoms with Crippen molar-refractivity contribution in [1.82, 2.24) is 9.97 Å². The number of nitrogens with zero attached hydrogens (tertiary/aromatic N) is 2. The van der Waals surface area contributed by atoms with Crippen LogP contribution in [0.25, 0.3) is 22.4 Å². The molecule has 0 saturated heterocycles. The Morgan fingerprint density at radius 3 is 2.27 bits per heavy atom. The Kier molecular flexibility index (Phi) is 7.26. The number of nitrogens with two attached hydrogens (primary N) is 1. The molecule has 0 aliphatic carbocycles. The third-order valence-electron chi connectivity index (χ3n) is 5.67. The third kappa shape index (κ3) is 5.44. The zero-order chi connectivity index (χ0) is 29.6. The van der Waals surface area contributed by atoms with Gasteiger partial charge in [-0.1, -0.05) is 12.1 Å². The van der Waals surface area contributed by atoms with Crippen LogP contribution in [0.2, 0.25) is 0 Å². The smallest absolute Gasteiger partial charge is 0.286 e. The number of sulfonamides is 1. The topological polar surface area (TPSA) is 159 Å². The molecule has 0 amide bonds. The van der Waals surface area contributed by atoms with Gasteiger partial charge in [-0.05, 0) is 50.2 Å². The van der Waals surface area contributed by atoms with Crippen molar-refractivity contribution >= 4 is 44.0 Å².